The van der Waals surface area contributed by atoms with Crippen LogP contribution in [0.5, 0.6) is 0 Å². The summed E-state index contributed by atoms with van der Waals surface area (Å²) >= 11 is 1.88. The van der Waals surface area contributed by atoms with Crippen LogP contribution in [-0.4, -0.2) is 32.1 Å². The Balaban J connectivity index is 2.00. The summed E-state index contributed by atoms with van der Waals surface area (Å²) in [4.78, 5) is 1.32. The molecule has 0 radical (unpaired) electrons. The highest BCUT2D eigenvalue weighted by Crippen LogP contribution is 2.24. The third kappa shape index (κ3) is 4.23. The zero-order valence-corrected chi connectivity index (χ0v) is 12.4. The second-order valence-electron chi connectivity index (χ2n) is 4.53. The van der Waals surface area contributed by atoms with Crippen molar-refractivity contribution in [3.63, 3.8) is 0 Å². The molecule has 0 aliphatic carbocycles. The molecule has 0 spiro atoms. The Hall–Kier alpha value is -1.03. The molecule has 2 rings (SSSR count). The molecule has 0 bridgehead atoms. The van der Waals surface area contributed by atoms with Crippen molar-refractivity contribution < 1.29 is 4.74 Å². The molecule has 0 fully saturated rings. The molecule has 19 heavy (non-hydrogen) atoms. The number of hydrogen-bond donors (Lipinski definition) is 1. The van der Waals surface area contributed by atoms with Crippen molar-refractivity contribution >= 4 is 22.5 Å². The maximum Gasteiger partial charge on any atom is 0.0624 e. The highest BCUT2D eigenvalue weighted by Gasteiger charge is 2.07. The maximum atomic E-state index is 5.24. The second-order valence-corrected chi connectivity index (χ2v) is 5.62. The number of hydrogen-bond acceptors (Lipinski definition) is 3. The number of likely N-dealkylation sites (N-methyl/N-ethyl adjacent to an activating group) is 1. The maximum absolute atomic E-state index is 5.24. The highest BCUT2D eigenvalue weighted by molar-refractivity contribution is 7.99. The van der Waals surface area contributed by atoms with Gasteiger partial charge in [0.15, 0.2) is 0 Å². The van der Waals surface area contributed by atoms with E-state index in [0.717, 1.165) is 18.9 Å². The van der Waals surface area contributed by atoms with Crippen molar-refractivity contribution in [3.8, 4) is 0 Å². The van der Waals surface area contributed by atoms with E-state index < -0.39 is 0 Å². The van der Waals surface area contributed by atoms with Gasteiger partial charge in [0, 0.05) is 23.8 Å². The summed E-state index contributed by atoms with van der Waals surface area (Å²) in [6.07, 6.45) is 0. The monoisotopic (exact) mass is 275 g/mol. The van der Waals surface area contributed by atoms with E-state index in [-0.39, 0.29) is 0 Å². The van der Waals surface area contributed by atoms with Crippen LogP contribution in [0.3, 0.4) is 0 Å². The fourth-order valence-electron chi connectivity index (χ4n) is 2.11. The van der Waals surface area contributed by atoms with Crippen LogP contribution >= 0.6 is 11.8 Å². The van der Waals surface area contributed by atoms with E-state index >= 15 is 0 Å². The van der Waals surface area contributed by atoms with Gasteiger partial charge in [-0.15, -0.1) is 11.8 Å². The summed E-state index contributed by atoms with van der Waals surface area (Å²) in [6, 6.07) is 15.5. The Labute approximate surface area is 119 Å². The third-order valence-corrected chi connectivity index (χ3v) is 4.19. The smallest absolute Gasteiger partial charge is 0.0624 e. The average molecular weight is 275 g/mol. The molecule has 0 saturated heterocycles. The van der Waals surface area contributed by atoms with E-state index in [1.807, 2.05) is 11.8 Å². The van der Waals surface area contributed by atoms with Gasteiger partial charge in [0.1, 0.15) is 0 Å². The van der Waals surface area contributed by atoms with E-state index in [0.29, 0.717) is 6.04 Å². The molecule has 0 saturated carbocycles. The largest absolute Gasteiger partial charge is 0.383 e. The number of fused-ring (bicyclic) bond motifs is 1. The summed E-state index contributed by atoms with van der Waals surface area (Å²) < 4.78 is 5.24. The van der Waals surface area contributed by atoms with Crippen molar-refractivity contribution in [2.75, 3.05) is 26.0 Å². The summed E-state index contributed by atoms with van der Waals surface area (Å²) in [7, 11) is 1.75. The lowest BCUT2D eigenvalue weighted by Crippen LogP contribution is -2.35. The molecule has 2 nitrogen and oxygen atoms in total. The molecule has 102 valence electrons. The number of methoxy groups -OCH3 is 1. The van der Waals surface area contributed by atoms with Gasteiger partial charge in [-0.2, -0.15) is 0 Å². The van der Waals surface area contributed by atoms with Crippen molar-refractivity contribution in [3.05, 3.63) is 42.5 Å². The van der Waals surface area contributed by atoms with Crippen molar-refractivity contribution in [1.82, 2.24) is 5.32 Å². The van der Waals surface area contributed by atoms with E-state index in [2.05, 4.69) is 54.7 Å². The lowest BCUT2D eigenvalue weighted by molar-refractivity contribution is 0.174. The first kappa shape index (κ1) is 14.4. The number of benzene rings is 2. The number of thioether (sulfide) groups is 1. The van der Waals surface area contributed by atoms with Crippen LogP contribution in [0.1, 0.15) is 6.92 Å². The number of ether oxygens (including phenoxy) is 1. The Morgan fingerprint density at radius 2 is 1.95 bits per heavy atom. The van der Waals surface area contributed by atoms with E-state index in [1.54, 1.807) is 7.11 Å². The minimum Gasteiger partial charge on any atom is -0.383 e. The fourth-order valence-corrected chi connectivity index (χ4v) is 3.09. The summed E-state index contributed by atoms with van der Waals surface area (Å²) in [6.45, 7) is 3.87. The molecule has 2 aromatic rings. The topological polar surface area (TPSA) is 21.3 Å². The lowest BCUT2D eigenvalue weighted by Gasteiger charge is -2.16. The first-order valence-electron chi connectivity index (χ1n) is 6.67. The van der Waals surface area contributed by atoms with Crippen LogP contribution in [0.15, 0.2) is 47.4 Å². The quantitative estimate of drug-likeness (QED) is 0.781. The van der Waals surface area contributed by atoms with Gasteiger partial charge in [0.2, 0.25) is 0 Å². The van der Waals surface area contributed by atoms with Gasteiger partial charge in [0.05, 0.1) is 6.61 Å². The van der Waals surface area contributed by atoms with Crippen LogP contribution < -0.4 is 5.32 Å². The van der Waals surface area contributed by atoms with Gasteiger partial charge < -0.3 is 10.1 Å². The van der Waals surface area contributed by atoms with Gasteiger partial charge >= 0.3 is 0 Å². The van der Waals surface area contributed by atoms with E-state index in [9.17, 15) is 0 Å². The molecule has 3 heteroatoms. The van der Waals surface area contributed by atoms with Crippen LogP contribution in [0.25, 0.3) is 10.8 Å². The Morgan fingerprint density at radius 3 is 2.68 bits per heavy atom. The van der Waals surface area contributed by atoms with Crippen LogP contribution in [0, 0.1) is 0 Å². The molecule has 0 aliphatic heterocycles. The molecule has 1 atom stereocenters. The van der Waals surface area contributed by atoms with E-state index in [1.165, 1.54) is 15.7 Å². The van der Waals surface area contributed by atoms with Gasteiger partial charge in [-0.3, -0.25) is 0 Å². The van der Waals surface area contributed by atoms with Gasteiger partial charge in [-0.1, -0.05) is 37.3 Å². The van der Waals surface area contributed by atoms with Crippen LogP contribution in [0.2, 0.25) is 0 Å². The summed E-state index contributed by atoms with van der Waals surface area (Å²) in [5.41, 5.74) is 0. The summed E-state index contributed by atoms with van der Waals surface area (Å²) in [5.74, 6) is 1.03. The Morgan fingerprint density at radius 1 is 1.16 bits per heavy atom. The number of rotatable bonds is 7. The molecular weight excluding hydrogens is 254 g/mol. The zero-order valence-electron chi connectivity index (χ0n) is 11.6. The minimum absolute atomic E-state index is 0.409. The normalized spacial score (nSPS) is 12.7. The fraction of sp³-hybridized carbons (Fsp3) is 0.375. The Bertz CT molecular complexity index is 509. The van der Waals surface area contributed by atoms with Crippen molar-refractivity contribution in [2.45, 2.75) is 17.9 Å². The molecule has 0 amide bonds. The van der Waals surface area contributed by atoms with Crippen molar-refractivity contribution in [2.24, 2.45) is 0 Å². The van der Waals surface area contributed by atoms with Crippen LogP contribution in [-0.2, 0) is 4.74 Å². The van der Waals surface area contributed by atoms with Crippen molar-refractivity contribution in [1.29, 1.82) is 0 Å². The highest BCUT2D eigenvalue weighted by atomic mass is 32.2. The van der Waals surface area contributed by atoms with Crippen LogP contribution in [0.4, 0.5) is 0 Å². The molecule has 0 heterocycles. The average Bonchev–Trinajstić information content (AvgIpc) is 2.45. The molecule has 0 aliphatic rings. The molecule has 0 aromatic heterocycles. The predicted octanol–water partition coefficient (Wildman–Crippen LogP) is 3.56. The standard InChI is InChI=1S/C16H21NOS/c1-3-17-15(11-18-2)12-19-16-9-8-13-6-4-5-7-14(13)10-16/h4-10,15,17H,3,11-12H2,1-2H3. The van der Waals surface area contributed by atoms with Gasteiger partial charge in [0.25, 0.3) is 0 Å². The summed E-state index contributed by atoms with van der Waals surface area (Å²) in [5, 5.41) is 6.05. The Kier molecular flexibility index (Phi) is 5.70. The lowest BCUT2D eigenvalue weighted by atomic mass is 10.1. The molecule has 2 aromatic carbocycles. The SMILES string of the molecule is CCNC(COC)CSc1ccc2ccccc2c1. The molecule has 1 unspecified atom stereocenters. The third-order valence-electron chi connectivity index (χ3n) is 3.03. The molecule has 1 N–H and O–H groups in total. The van der Waals surface area contributed by atoms with E-state index in [4.69, 9.17) is 4.74 Å². The van der Waals surface area contributed by atoms with Gasteiger partial charge in [-0.05, 0) is 29.4 Å². The molecular formula is C16H21NOS. The first-order chi connectivity index (χ1) is 9.33. The second kappa shape index (κ2) is 7.53. The minimum atomic E-state index is 0.409. The van der Waals surface area contributed by atoms with Gasteiger partial charge in [-0.25, -0.2) is 0 Å². The predicted molar refractivity (Wildman–Crippen MR) is 84.0 cm³/mol. The number of nitrogens with one attached hydrogen (secondary N) is 1. The zero-order chi connectivity index (χ0) is 13.5. The first-order valence-corrected chi connectivity index (χ1v) is 7.66.